The van der Waals surface area contributed by atoms with Crippen LogP contribution in [0.5, 0.6) is 11.5 Å². The Morgan fingerprint density at radius 3 is 2.65 bits per heavy atom. The molecule has 0 aliphatic heterocycles. The standard InChI is InChI=1S/C17H12Cl2IN3O3/c1-25-15-8-11(2-3-14(15)20)17(24)23-22-9-10-6-12(18)16(13(19)7-10)26-5-4-21/h2-3,6-9H,5H2,1H3,(H,23,24)/b22-9-. The van der Waals surface area contributed by atoms with Crippen LogP contribution in [0.4, 0.5) is 0 Å². The number of halogens is 3. The van der Waals surface area contributed by atoms with Crippen LogP contribution in [0, 0.1) is 14.9 Å². The third-order valence-electron chi connectivity index (χ3n) is 3.09. The molecule has 9 heteroatoms. The number of rotatable bonds is 6. The summed E-state index contributed by atoms with van der Waals surface area (Å²) >= 11 is 14.3. The maximum atomic E-state index is 12.1. The van der Waals surface area contributed by atoms with Crippen molar-refractivity contribution >= 4 is 57.9 Å². The maximum absolute atomic E-state index is 12.1. The Morgan fingerprint density at radius 2 is 2.04 bits per heavy atom. The lowest BCUT2D eigenvalue weighted by Gasteiger charge is -2.08. The van der Waals surface area contributed by atoms with Crippen molar-refractivity contribution in [2.75, 3.05) is 13.7 Å². The van der Waals surface area contributed by atoms with Crippen LogP contribution < -0.4 is 14.9 Å². The van der Waals surface area contributed by atoms with Crippen molar-refractivity contribution < 1.29 is 14.3 Å². The average Bonchev–Trinajstić information content (AvgIpc) is 2.61. The van der Waals surface area contributed by atoms with Crippen LogP contribution in [-0.2, 0) is 0 Å². The molecule has 2 rings (SSSR count). The molecule has 1 amide bonds. The highest BCUT2D eigenvalue weighted by Crippen LogP contribution is 2.33. The number of hydrogen-bond acceptors (Lipinski definition) is 5. The number of hydrazone groups is 1. The van der Waals surface area contributed by atoms with E-state index in [9.17, 15) is 4.79 Å². The van der Waals surface area contributed by atoms with Gasteiger partial charge in [0, 0.05) is 5.56 Å². The van der Waals surface area contributed by atoms with Crippen molar-refractivity contribution in [3.8, 4) is 17.6 Å². The molecule has 0 saturated heterocycles. The van der Waals surface area contributed by atoms with Crippen molar-refractivity contribution in [2.45, 2.75) is 0 Å². The summed E-state index contributed by atoms with van der Waals surface area (Å²) in [5, 5.41) is 12.9. The predicted octanol–water partition coefficient (Wildman–Crippen LogP) is 4.27. The van der Waals surface area contributed by atoms with Crippen LogP contribution in [0.1, 0.15) is 15.9 Å². The Labute approximate surface area is 173 Å². The van der Waals surface area contributed by atoms with Gasteiger partial charge in [-0.3, -0.25) is 4.79 Å². The van der Waals surface area contributed by atoms with Gasteiger partial charge in [-0.2, -0.15) is 10.4 Å². The fourth-order valence-corrected chi connectivity index (χ4v) is 3.10. The fraction of sp³-hybridized carbons (Fsp3) is 0.118. The summed E-state index contributed by atoms with van der Waals surface area (Å²) in [6.45, 7) is -0.164. The molecular formula is C17H12Cl2IN3O3. The number of nitrogens with zero attached hydrogens (tertiary/aromatic N) is 2. The van der Waals surface area contributed by atoms with E-state index >= 15 is 0 Å². The number of benzene rings is 2. The number of hydrogen-bond donors (Lipinski definition) is 1. The molecule has 2 aromatic rings. The van der Waals surface area contributed by atoms with Crippen LogP contribution in [0.3, 0.4) is 0 Å². The molecule has 0 aliphatic carbocycles. The third-order valence-corrected chi connectivity index (χ3v) is 4.55. The lowest BCUT2D eigenvalue weighted by molar-refractivity contribution is 0.0954. The molecule has 0 unspecified atom stereocenters. The van der Waals surface area contributed by atoms with Gasteiger partial charge in [-0.1, -0.05) is 23.2 Å². The van der Waals surface area contributed by atoms with Gasteiger partial charge in [0.15, 0.2) is 12.4 Å². The number of carbonyl (C=O) groups is 1. The van der Waals surface area contributed by atoms with Crippen LogP contribution in [-0.4, -0.2) is 25.8 Å². The third kappa shape index (κ3) is 5.24. The van der Waals surface area contributed by atoms with Crippen molar-refractivity contribution in [1.29, 1.82) is 5.26 Å². The second-order valence-electron chi connectivity index (χ2n) is 4.81. The van der Waals surface area contributed by atoms with Gasteiger partial charge in [0.25, 0.3) is 5.91 Å². The van der Waals surface area contributed by atoms with Crippen LogP contribution in [0.2, 0.25) is 10.0 Å². The molecule has 0 saturated carbocycles. The van der Waals surface area contributed by atoms with Gasteiger partial charge in [-0.25, -0.2) is 5.43 Å². The first-order valence-corrected chi connectivity index (χ1v) is 8.95. The van der Waals surface area contributed by atoms with Gasteiger partial charge in [0.2, 0.25) is 0 Å². The number of carbonyl (C=O) groups excluding carboxylic acids is 1. The molecule has 2 aromatic carbocycles. The number of methoxy groups -OCH3 is 1. The molecule has 0 bridgehead atoms. The van der Waals surface area contributed by atoms with E-state index in [2.05, 4.69) is 33.1 Å². The predicted molar refractivity (Wildman–Crippen MR) is 108 cm³/mol. The van der Waals surface area contributed by atoms with Crippen LogP contribution in [0.15, 0.2) is 35.4 Å². The quantitative estimate of drug-likeness (QED) is 0.362. The highest BCUT2D eigenvalue weighted by molar-refractivity contribution is 14.1. The van der Waals surface area contributed by atoms with E-state index in [1.165, 1.54) is 13.3 Å². The molecule has 0 aromatic heterocycles. The molecular weight excluding hydrogens is 492 g/mol. The van der Waals surface area contributed by atoms with Gasteiger partial charge < -0.3 is 9.47 Å². The monoisotopic (exact) mass is 503 g/mol. The minimum atomic E-state index is -0.387. The first kappa shape index (κ1) is 20.3. The smallest absolute Gasteiger partial charge is 0.271 e. The van der Waals surface area contributed by atoms with E-state index in [1.54, 1.807) is 30.3 Å². The van der Waals surface area contributed by atoms with Crippen molar-refractivity contribution in [2.24, 2.45) is 5.10 Å². The first-order valence-electron chi connectivity index (χ1n) is 7.12. The zero-order valence-electron chi connectivity index (χ0n) is 13.4. The Balaban J connectivity index is 2.08. The summed E-state index contributed by atoms with van der Waals surface area (Å²) in [7, 11) is 1.54. The summed E-state index contributed by atoms with van der Waals surface area (Å²) < 4.78 is 11.2. The molecule has 0 heterocycles. The van der Waals surface area contributed by atoms with Gasteiger partial charge >= 0.3 is 0 Å². The van der Waals surface area contributed by atoms with Gasteiger partial charge in [-0.05, 0) is 58.5 Å². The summed E-state index contributed by atoms with van der Waals surface area (Å²) in [5.74, 6) is 0.443. The van der Waals surface area contributed by atoms with Crippen LogP contribution in [0.25, 0.3) is 0 Å². The Morgan fingerprint density at radius 1 is 1.35 bits per heavy atom. The molecule has 134 valence electrons. The minimum absolute atomic E-state index is 0.164. The zero-order valence-corrected chi connectivity index (χ0v) is 17.1. The largest absolute Gasteiger partial charge is 0.496 e. The van der Waals surface area contributed by atoms with Crippen molar-refractivity contribution in [1.82, 2.24) is 5.43 Å². The highest BCUT2D eigenvalue weighted by atomic mass is 127. The van der Waals surface area contributed by atoms with Crippen LogP contribution >= 0.6 is 45.8 Å². The van der Waals surface area contributed by atoms with Gasteiger partial charge in [0.05, 0.1) is 26.9 Å². The Hall–Kier alpha value is -2.02. The number of amides is 1. The number of nitriles is 1. The van der Waals surface area contributed by atoms with Crippen molar-refractivity contribution in [3.05, 3.63) is 55.1 Å². The summed E-state index contributed by atoms with van der Waals surface area (Å²) in [6, 6.07) is 10.0. The highest BCUT2D eigenvalue weighted by Gasteiger charge is 2.10. The fourth-order valence-electron chi connectivity index (χ4n) is 1.93. The van der Waals surface area contributed by atoms with Crippen molar-refractivity contribution in [3.63, 3.8) is 0 Å². The lowest BCUT2D eigenvalue weighted by Crippen LogP contribution is -2.17. The van der Waals surface area contributed by atoms with E-state index in [1.807, 2.05) is 6.07 Å². The molecule has 0 aliphatic rings. The lowest BCUT2D eigenvalue weighted by atomic mass is 10.2. The number of nitrogens with one attached hydrogen (secondary N) is 1. The summed E-state index contributed by atoms with van der Waals surface area (Å²) in [4.78, 5) is 12.1. The molecule has 6 nitrogen and oxygen atoms in total. The maximum Gasteiger partial charge on any atom is 0.271 e. The average molecular weight is 504 g/mol. The van der Waals surface area contributed by atoms with E-state index in [4.69, 9.17) is 37.9 Å². The van der Waals surface area contributed by atoms with E-state index in [0.717, 1.165) is 3.57 Å². The molecule has 0 radical (unpaired) electrons. The Bertz CT molecular complexity index is 874. The zero-order chi connectivity index (χ0) is 19.1. The van der Waals surface area contributed by atoms with E-state index in [0.29, 0.717) is 16.9 Å². The molecule has 0 atom stereocenters. The Kier molecular flexibility index (Phi) is 7.50. The first-order chi connectivity index (χ1) is 12.5. The molecule has 1 N–H and O–H groups in total. The van der Waals surface area contributed by atoms with Gasteiger partial charge in [-0.15, -0.1) is 0 Å². The van der Waals surface area contributed by atoms with E-state index < -0.39 is 0 Å². The molecule has 0 spiro atoms. The minimum Gasteiger partial charge on any atom is -0.496 e. The molecule has 0 fully saturated rings. The second-order valence-corrected chi connectivity index (χ2v) is 6.79. The number of ether oxygens (including phenoxy) is 2. The molecule has 26 heavy (non-hydrogen) atoms. The van der Waals surface area contributed by atoms with E-state index in [-0.39, 0.29) is 28.3 Å². The summed E-state index contributed by atoms with van der Waals surface area (Å²) in [5.41, 5.74) is 3.39. The SMILES string of the molecule is COc1cc(C(=O)N/N=C\c2cc(Cl)c(OCC#N)c(Cl)c2)ccc1I. The topological polar surface area (TPSA) is 83.7 Å². The van der Waals surface area contributed by atoms with Gasteiger partial charge in [0.1, 0.15) is 11.8 Å². The normalized spacial score (nSPS) is 10.4. The second kappa shape index (κ2) is 9.62. The summed E-state index contributed by atoms with van der Waals surface area (Å²) in [6.07, 6.45) is 1.40.